The maximum absolute atomic E-state index is 13.1. The summed E-state index contributed by atoms with van der Waals surface area (Å²) in [5.74, 6) is -0.252. The molecular formula is C12H12BrFN2S. The van der Waals surface area contributed by atoms with Gasteiger partial charge < -0.3 is 5.32 Å². The molecule has 0 spiro atoms. The van der Waals surface area contributed by atoms with Crippen LogP contribution in [0.4, 0.5) is 4.39 Å². The van der Waals surface area contributed by atoms with Gasteiger partial charge in [-0.25, -0.2) is 9.37 Å². The number of hydrogen-bond donors (Lipinski definition) is 1. The molecule has 2 nitrogen and oxygen atoms in total. The minimum Gasteiger partial charge on any atom is -0.315 e. The highest BCUT2D eigenvalue weighted by molar-refractivity contribution is 9.10. The molecule has 5 heteroatoms. The first-order valence-electron chi connectivity index (χ1n) is 5.18. The predicted octanol–water partition coefficient (Wildman–Crippen LogP) is 3.74. The zero-order valence-electron chi connectivity index (χ0n) is 9.55. The Bertz CT molecular complexity index is 539. The number of rotatable bonds is 3. The van der Waals surface area contributed by atoms with Crippen molar-refractivity contribution in [1.82, 2.24) is 10.3 Å². The Morgan fingerprint density at radius 1 is 1.47 bits per heavy atom. The largest absolute Gasteiger partial charge is 0.315 e. The van der Waals surface area contributed by atoms with E-state index in [0.717, 1.165) is 22.8 Å². The number of aryl methyl sites for hydroxylation is 1. The Kier molecular flexibility index (Phi) is 3.91. The Balaban J connectivity index is 2.39. The van der Waals surface area contributed by atoms with Crippen LogP contribution in [0.25, 0.3) is 10.6 Å². The number of halogens is 2. The molecule has 0 bridgehead atoms. The minimum absolute atomic E-state index is 0.252. The van der Waals surface area contributed by atoms with Crippen molar-refractivity contribution in [3.63, 3.8) is 0 Å². The van der Waals surface area contributed by atoms with E-state index in [2.05, 4.69) is 26.2 Å². The van der Waals surface area contributed by atoms with Gasteiger partial charge in [0.1, 0.15) is 10.8 Å². The van der Waals surface area contributed by atoms with Gasteiger partial charge in [0.25, 0.3) is 0 Å². The fourth-order valence-electron chi connectivity index (χ4n) is 1.51. The molecule has 0 radical (unpaired) electrons. The molecule has 0 saturated heterocycles. The summed E-state index contributed by atoms with van der Waals surface area (Å²) in [4.78, 5) is 5.72. The van der Waals surface area contributed by atoms with E-state index in [4.69, 9.17) is 0 Å². The highest BCUT2D eigenvalue weighted by atomic mass is 79.9. The summed E-state index contributed by atoms with van der Waals surface area (Å²) in [6, 6.07) is 4.96. The van der Waals surface area contributed by atoms with Crippen LogP contribution in [-0.4, -0.2) is 12.0 Å². The quantitative estimate of drug-likeness (QED) is 0.933. The van der Waals surface area contributed by atoms with Gasteiger partial charge in [-0.15, -0.1) is 11.3 Å². The van der Waals surface area contributed by atoms with E-state index in [1.54, 1.807) is 23.5 Å². The topological polar surface area (TPSA) is 24.9 Å². The van der Waals surface area contributed by atoms with Crippen LogP contribution in [-0.2, 0) is 6.54 Å². The van der Waals surface area contributed by atoms with E-state index < -0.39 is 0 Å². The van der Waals surface area contributed by atoms with Gasteiger partial charge in [-0.3, -0.25) is 0 Å². The lowest BCUT2D eigenvalue weighted by Crippen LogP contribution is -2.04. The average molecular weight is 315 g/mol. The molecule has 1 N–H and O–H groups in total. The number of nitrogens with zero attached hydrogens (tertiary/aromatic N) is 1. The summed E-state index contributed by atoms with van der Waals surface area (Å²) >= 11 is 4.82. The maximum atomic E-state index is 13.1. The number of nitrogens with one attached hydrogen (secondary N) is 1. The molecule has 0 unspecified atom stereocenters. The van der Waals surface area contributed by atoms with E-state index >= 15 is 0 Å². The van der Waals surface area contributed by atoms with Crippen LogP contribution >= 0.6 is 27.3 Å². The molecule has 0 fully saturated rings. The van der Waals surface area contributed by atoms with E-state index in [1.165, 1.54) is 10.9 Å². The van der Waals surface area contributed by atoms with E-state index in [1.807, 2.05) is 14.0 Å². The first-order valence-corrected chi connectivity index (χ1v) is 6.79. The van der Waals surface area contributed by atoms with Crippen LogP contribution in [0.1, 0.15) is 10.6 Å². The average Bonchev–Trinajstić information content (AvgIpc) is 2.65. The molecule has 0 amide bonds. The van der Waals surface area contributed by atoms with Crippen molar-refractivity contribution in [2.24, 2.45) is 0 Å². The van der Waals surface area contributed by atoms with Gasteiger partial charge in [0, 0.05) is 17.0 Å². The molecule has 0 atom stereocenters. The molecule has 17 heavy (non-hydrogen) atoms. The summed E-state index contributed by atoms with van der Waals surface area (Å²) in [7, 11) is 1.91. The van der Waals surface area contributed by atoms with Crippen molar-refractivity contribution in [1.29, 1.82) is 0 Å². The molecule has 1 aromatic heterocycles. The predicted molar refractivity (Wildman–Crippen MR) is 72.7 cm³/mol. The Hall–Kier alpha value is -0.780. The molecule has 0 saturated carbocycles. The minimum atomic E-state index is -0.252. The zero-order valence-corrected chi connectivity index (χ0v) is 12.0. The smallest absolute Gasteiger partial charge is 0.137 e. The van der Waals surface area contributed by atoms with Crippen LogP contribution in [0.2, 0.25) is 0 Å². The standard InChI is InChI=1S/C12H12BrFN2S/c1-7-11(6-15-2)17-12(16-7)8-3-4-10(14)9(13)5-8/h3-5,15H,6H2,1-2H3. The zero-order chi connectivity index (χ0) is 12.4. The summed E-state index contributed by atoms with van der Waals surface area (Å²) in [5, 5.41) is 4.04. The Labute approximate surface area is 112 Å². The van der Waals surface area contributed by atoms with Gasteiger partial charge in [0.15, 0.2) is 0 Å². The van der Waals surface area contributed by atoms with Gasteiger partial charge in [0.05, 0.1) is 10.2 Å². The number of benzene rings is 1. The van der Waals surface area contributed by atoms with Crippen LogP contribution in [0, 0.1) is 12.7 Å². The molecule has 1 aromatic carbocycles. The fraction of sp³-hybridized carbons (Fsp3) is 0.250. The van der Waals surface area contributed by atoms with Gasteiger partial charge in [-0.2, -0.15) is 0 Å². The number of hydrogen-bond acceptors (Lipinski definition) is 3. The molecule has 0 aliphatic carbocycles. The highest BCUT2D eigenvalue weighted by Crippen LogP contribution is 2.30. The van der Waals surface area contributed by atoms with E-state index in [-0.39, 0.29) is 5.82 Å². The van der Waals surface area contributed by atoms with Crippen LogP contribution in [0.15, 0.2) is 22.7 Å². The molecule has 0 aliphatic rings. The molecule has 0 aliphatic heterocycles. The lowest BCUT2D eigenvalue weighted by atomic mass is 10.2. The van der Waals surface area contributed by atoms with Gasteiger partial charge in [-0.05, 0) is 48.1 Å². The molecular weight excluding hydrogens is 303 g/mol. The van der Waals surface area contributed by atoms with E-state index in [0.29, 0.717) is 4.47 Å². The van der Waals surface area contributed by atoms with Crippen molar-refractivity contribution >= 4 is 27.3 Å². The van der Waals surface area contributed by atoms with Gasteiger partial charge in [-0.1, -0.05) is 0 Å². The molecule has 90 valence electrons. The Morgan fingerprint density at radius 2 is 2.24 bits per heavy atom. The lowest BCUT2D eigenvalue weighted by molar-refractivity contribution is 0.621. The third-order valence-electron chi connectivity index (χ3n) is 2.40. The third-order valence-corrected chi connectivity index (χ3v) is 4.21. The monoisotopic (exact) mass is 314 g/mol. The second-order valence-electron chi connectivity index (χ2n) is 3.69. The van der Waals surface area contributed by atoms with E-state index in [9.17, 15) is 4.39 Å². The van der Waals surface area contributed by atoms with Crippen molar-refractivity contribution in [3.8, 4) is 10.6 Å². The summed E-state index contributed by atoms with van der Waals surface area (Å²) in [6.07, 6.45) is 0. The molecule has 2 rings (SSSR count). The van der Waals surface area contributed by atoms with Crippen LogP contribution < -0.4 is 5.32 Å². The Morgan fingerprint density at radius 3 is 2.88 bits per heavy atom. The third kappa shape index (κ3) is 2.73. The fourth-order valence-corrected chi connectivity index (χ4v) is 2.95. The first kappa shape index (κ1) is 12.7. The number of aromatic nitrogens is 1. The van der Waals surface area contributed by atoms with Gasteiger partial charge in [0.2, 0.25) is 0 Å². The summed E-state index contributed by atoms with van der Waals surface area (Å²) < 4.78 is 13.6. The maximum Gasteiger partial charge on any atom is 0.137 e. The SMILES string of the molecule is CNCc1sc(-c2ccc(F)c(Br)c2)nc1C. The second-order valence-corrected chi connectivity index (χ2v) is 5.62. The van der Waals surface area contributed by atoms with Gasteiger partial charge >= 0.3 is 0 Å². The van der Waals surface area contributed by atoms with Crippen molar-refractivity contribution in [2.75, 3.05) is 7.05 Å². The highest BCUT2D eigenvalue weighted by Gasteiger charge is 2.10. The lowest BCUT2D eigenvalue weighted by Gasteiger charge is -1.98. The summed E-state index contributed by atoms with van der Waals surface area (Å²) in [6.45, 7) is 2.80. The normalized spacial score (nSPS) is 10.8. The van der Waals surface area contributed by atoms with Crippen LogP contribution in [0.5, 0.6) is 0 Å². The van der Waals surface area contributed by atoms with Crippen LogP contribution in [0.3, 0.4) is 0 Å². The first-order chi connectivity index (χ1) is 8.11. The molecule has 2 aromatic rings. The number of thiazole rings is 1. The van der Waals surface area contributed by atoms with Crippen molar-refractivity contribution in [3.05, 3.63) is 39.1 Å². The van der Waals surface area contributed by atoms with Crippen molar-refractivity contribution in [2.45, 2.75) is 13.5 Å². The summed E-state index contributed by atoms with van der Waals surface area (Å²) in [5.41, 5.74) is 1.97. The molecule has 1 heterocycles. The van der Waals surface area contributed by atoms with Crippen molar-refractivity contribution < 1.29 is 4.39 Å². The second kappa shape index (κ2) is 5.25.